The van der Waals surface area contributed by atoms with Gasteiger partial charge < -0.3 is 14.6 Å². The molecule has 2 fully saturated rings. The highest BCUT2D eigenvalue weighted by atomic mass is 16.5. The van der Waals surface area contributed by atoms with E-state index < -0.39 is 0 Å². The maximum atomic E-state index is 12.1. The molecule has 0 bridgehead atoms. The average molecular weight is 292 g/mol. The van der Waals surface area contributed by atoms with Gasteiger partial charge in [0.25, 0.3) is 0 Å². The lowest BCUT2D eigenvalue weighted by Crippen LogP contribution is -2.50. The van der Waals surface area contributed by atoms with E-state index in [2.05, 4.69) is 15.2 Å². The monoisotopic (exact) mass is 292 g/mol. The summed E-state index contributed by atoms with van der Waals surface area (Å²) in [6, 6.07) is 0.522. The molecule has 0 radical (unpaired) electrons. The van der Waals surface area contributed by atoms with Crippen molar-refractivity contribution in [3.05, 3.63) is 18.7 Å². The molecule has 1 aromatic heterocycles. The van der Waals surface area contributed by atoms with Crippen molar-refractivity contribution in [2.24, 2.45) is 0 Å². The van der Waals surface area contributed by atoms with E-state index in [4.69, 9.17) is 4.74 Å². The molecule has 3 rings (SSSR count). The number of ether oxygens (including phenoxy) is 1. The van der Waals surface area contributed by atoms with Crippen LogP contribution in [0.2, 0.25) is 0 Å². The molecule has 6 nitrogen and oxygen atoms in total. The first-order chi connectivity index (χ1) is 10.3. The molecular formula is C15H24N4O2. The summed E-state index contributed by atoms with van der Waals surface area (Å²) >= 11 is 0. The lowest BCUT2D eigenvalue weighted by atomic mass is 10.1. The SMILES string of the molecule is O=C(CCCn1ccnc1)N[C@@H]1COC[C@H]1N1CCCC1. The molecule has 0 unspecified atom stereocenters. The minimum absolute atomic E-state index is 0.134. The van der Waals surface area contributed by atoms with E-state index in [1.165, 1.54) is 12.8 Å². The Kier molecular flexibility index (Phi) is 4.87. The number of rotatable bonds is 6. The normalized spacial score (nSPS) is 26.3. The Hall–Kier alpha value is -1.40. The van der Waals surface area contributed by atoms with E-state index in [1.807, 2.05) is 10.8 Å². The van der Waals surface area contributed by atoms with E-state index in [9.17, 15) is 4.79 Å². The highest BCUT2D eigenvalue weighted by Crippen LogP contribution is 2.19. The summed E-state index contributed by atoms with van der Waals surface area (Å²) in [6.45, 7) is 4.51. The van der Waals surface area contributed by atoms with Crippen LogP contribution in [0.15, 0.2) is 18.7 Å². The molecule has 1 aromatic rings. The van der Waals surface area contributed by atoms with Gasteiger partial charge in [0.15, 0.2) is 0 Å². The van der Waals surface area contributed by atoms with Crippen molar-refractivity contribution in [2.45, 2.75) is 44.3 Å². The molecule has 1 amide bonds. The van der Waals surface area contributed by atoms with Crippen molar-refractivity contribution in [1.82, 2.24) is 19.8 Å². The number of likely N-dealkylation sites (tertiary alicyclic amines) is 1. The fraction of sp³-hybridized carbons (Fsp3) is 0.733. The second-order valence-corrected chi connectivity index (χ2v) is 5.93. The third-order valence-electron chi connectivity index (χ3n) is 4.39. The van der Waals surface area contributed by atoms with Gasteiger partial charge in [-0.3, -0.25) is 9.69 Å². The summed E-state index contributed by atoms with van der Waals surface area (Å²) in [5, 5.41) is 3.16. The number of aryl methyl sites for hydroxylation is 1. The Morgan fingerprint density at radius 2 is 2.19 bits per heavy atom. The fourth-order valence-electron chi connectivity index (χ4n) is 3.23. The number of nitrogens with one attached hydrogen (secondary N) is 1. The minimum atomic E-state index is 0.134. The van der Waals surface area contributed by atoms with Crippen LogP contribution in [-0.4, -0.2) is 58.7 Å². The maximum absolute atomic E-state index is 12.1. The zero-order chi connectivity index (χ0) is 14.5. The topological polar surface area (TPSA) is 59.4 Å². The van der Waals surface area contributed by atoms with E-state index in [0.717, 1.165) is 32.7 Å². The summed E-state index contributed by atoms with van der Waals surface area (Å²) in [7, 11) is 0. The first-order valence-electron chi connectivity index (χ1n) is 7.90. The maximum Gasteiger partial charge on any atom is 0.220 e. The molecule has 2 aliphatic heterocycles. The largest absolute Gasteiger partial charge is 0.378 e. The van der Waals surface area contributed by atoms with Crippen LogP contribution in [0.5, 0.6) is 0 Å². The van der Waals surface area contributed by atoms with E-state index in [0.29, 0.717) is 19.1 Å². The zero-order valence-electron chi connectivity index (χ0n) is 12.4. The van der Waals surface area contributed by atoms with Gasteiger partial charge in [0.1, 0.15) is 0 Å². The van der Waals surface area contributed by atoms with Crippen molar-refractivity contribution in [3.8, 4) is 0 Å². The van der Waals surface area contributed by atoms with Crippen molar-refractivity contribution in [3.63, 3.8) is 0 Å². The van der Waals surface area contributed by atoms with Crippen molar-refractivity contribution < 1.29 is 9.53 Å². The quantitative estimate of drug-likeness (QED) is 0.836. The average Bonchev–Trinajstić information content (AvgIpc) is 3.20. The Bertz CT molecular complexity index is 443. The molecule has 0 saturated carbocycles. The van der Waals surface area contributed by atoms with Gasteiger partial charge in [-0.05, 0) is 32.4 Å². The van der Waals surface area contributed by atoms with Gasteiger partial charge in [-0.15, -0.1) is 0 Å². The Morgan fingerprint density at radius 1 is 1.33 bits per heavy atom. The van der Waals surface area contributed by atoms with Gasteiger partial charge in [-0.1, -0.05) is 0 Å². The van der Waals surface area contributed by atoms with Crippen molar-refractivity contribution in [2.75, 3.05) is 26.3 Å². The van der Waals surface area contributed by atoms with Gasteiger partial charge in [0.05, 0.1) is 31.6 Å². The summed E-state index contributed by atoms with van der Waals surface area (Å²) in [5.74, 6) is 0.134. The Labute approximate surface area is 125 Å². The molecule has 21 heavy (non-hydrogen) atoms. The van der Waals surface area contributed by atoms with Gasteiger partial charge in [-0.25, -0.2) is 4.98 Å². The third kappa shape index (κ3) is 3.83. The lowest BCUT2D eigenvalue weighted by molar-refractivity contribution is -0.122. The molecule has 1 N–H and O–H groups in total. The number of hydrogen-bond acceptors (Lipinski definition) is 4. The standard InChI is InChI=1S/C15H24N4O2/c20-15(4-3-6-18-9-5-16-12-18)17-13-10-21-11-14(13)19-7-1-2-8-19/h5,9,12-14H,1-4,6-8,10-11H2,(H,17,20)/t13-,14-/m1/s1. The van der Waals surface area contributed by atoms with Gasteiger partial charge in [-0.2, -0.15) is 0 Å². The molecule has 6 heteroatoms. The molecule has 2 atom stereocenters. The number of carbonyl (C=O) groups excluding carboxylic acids is 1. The van der Waals surface area contributed by atoms with Crippen LogP contribution in [0.3, 0.4) is 0 Å². The molecular weight excluding hydrogens is 268 g/mol. The molecule has 2 saturated heterocycles. The number of aromatic nitrogens is 2. The first kappa shape index (κ1) is 14.5. The van der Waals surface area contributed by atoms with Crippen LogP contribution in [0.25, 0.3) is 0 Å². The van der Waals surface area contributed by atoms with Crippen LogP contribution in [0.4, 0.5) is 0 Å². The Balaban J connectivity index is 1.41. The summed E-state index contributed by atoms with van der Waals surface area (Å²) < 4.78 is 7.58. The highest BCUT2D eigenvalue weighted by molar-refractivity contribution is 5.76. The van der Waals surface area contributed by atoms with E-state index in [-0.39, 0.29) is 11.9 Å². The molecule has 2 aliphatic rings. The smallest absolute Gasteiger partial charge is 0.220 e. The number of hydrogen-bond donors (Lipinski definition) is 1. The number of carbonyl (C=O) groups is 1. The minimum Gasteiger partial charge on any atom is -0.378 e. The lowest BCUT2D eigenvalue weighted by Gasteiger charge is -2.27. The highest BCUT2D eigenvalue weighted by Gasteiger charge is 2.34. The van der Waals surface area contributed by atoms with Crippen LogP contribution in [0, 0.1) is 0 Å². The number of nitrogens with zero attached hydrogens (tertiary/aromatic N) is 3. The first-order valence-corrected chi connectivity index (χ1v) is 7.90. The predicted octanol–water partition coefficient (Wildman–Crippen LogP) is 0.643. The van der Waals surface area contributed by atoms with Crippen molar-refractivity contribution in [1.29, 1.82) is 0 Å². The molecule has 0 aromatic carbocycles. The Morgan fingerprint density at radius 3 is 2.95 bits per heavy atom. The second-order valence-electron chi connectivity index (χ2n) is 5.93. The number of amides is 1. The summed E-state index contributed by atoms with van der Waals surface area (Å²) in [6.07, 6.45) is 9.39. The van der Waals surface area contributed by atoms with Gasteiger partial charge >= 0.3 is 0 Å². The third-order valence-corrected chi connectivity index (χ3v) is 4.39. The zero-order valence-corrected chi connectivity index (χ0v) is 12.4. The molecule has 0 spiro atoms. The second kappa shape index (κ2) is 7.04. The van der Waals surface area contributed by atoms with Crippen molar-refractivity contribution >= 4 is 5.91 Å². The van der Waals surface area contributed by atoms with Crippen LogP contribution in [-0.2, 0) is 16.1 Å². The fourth-order valence-corrected chi connectivity index (χ4v) is 3.23. The summed E-state index contributed by atoms with van der Waals surface area (Å²) in [5.41, 5.74) is 0. The predicted molar refractivity (Wildman–Crippen MR) is 78.8 cm³/mol. The van der Waals surface area contributed by atoms with Gasteiger partial charge in [0, 0.05) is 25.4 Å². The van der Waals surface area contributed by atoms with Crippen LogP contribution in [0.1, 0.15) is 25.7 Å². The summed E-state index contributed by atoms with van der Waals surface area (Å²) in [4.78, 5) is 18.5. The number of imidazole rings is 1. The van der Waals surface area contributed by atoms with Crippen LogP contribution < -0.4 is 5.32 Å². The van der Waals surface area contributed by atoms with Crippen LogP contribution >= 0.6 is 0 Å². The van der Waals surface area contributed by atoms with E-state index in [1.54, 1.807) is 12.5 Å². The van der Waals surface area contributed by atoms with E-state index >= 15 is 0 Å². The molecule has 3 heterocycles. The molecule has 116 valence electrons. The molecule has 0 aliphatic carbocycles. The van der Waals surface area contributed by atoms with Gasteiger partial charge in [0.2, 0.25) is 5.91 Å².